The molecule has 0 spiro atoms. The summed E-state index contributed by atoms with van der Waals surface area (Å²) in [6.07, 6.45) is -0.727. The van der Waals surface area contributed by atoms with Crippen LogP contribution >= 0.6 is 0 Å². The van der Waals surface area contributed by atoms with Crippen molar-refractivity contribution < 1.29 is 13.9 Å². The highest BCUT2D eigenvalue weighted by Gasteiger charge is 2.12. The summed E-state index contributed by atoms with van der Waals surface area (Å²) in [6, 6.07) is 8.53. The Bertz CT molecular complexity index is 854. The van der Waals surface area contributed by atoms with Crippen molar-refractivity contribution >= 4 is 11.0 Å². The summed E-state index contributed by atoms with van der Waals surface area (Å²) in [5, 5.41) is 10.2. The standard InChI is InChI=1S/C15H12F2N2O2/c16-10-3-1-8(5-11(10)17)6-14(20)9-2-4-12-13(7-9)19-15(21)18-12/h1-5,7,14,20H,6H2,(H2,18,19,21). The summed E-state index contributed by atoms with van der Waals surface area (Å²) in [4.78, 5) is 16.4. The molecule has 2 aromatic carbocycles. The molecule has 0 radical (unpaired) electrons. The highest BCUT2D eigenvalue weighted by molar-refractivity contribution is 5.75. The number of imidazole rings is 1. The number of aromatic nitrogens is 2. The molecule has 0 fully saturated rings. The van der Waals surface area contributed by atoms with E-state index in [9.17, 15) is 18.7 Å². The average molecular weight is 290 g/mol. The van der Waals surface area contributed by atoms with Crippen LogP contribution in [0.2, 0.25) is 0 Å². The summed E-state index contributed by atoms with van der Waals surface area (Å²) in [5.41, 5.74) is 1.98. The van der Waals surface area contributed by atoms with Gasteiger partial charge in [0.2, 0.25) is 0 Å². The molecule has 0 aliphatic heterocycles. The van der Waals surface area contributed by atoms with Crippen molar-refractivity contribution in [2.75, 3.05) is 0 Å². The van der Waals surface area contributed by atoms with Gasteiger partial charge in [0.15, 0.2) is 11.6 Å². The molecule has 108 valence electrons. The minimum atomic E-state index is -0.940. The number of fused-ring (bicyclic) bond motifs is 1. The van der Waals surface area contributed by atoms with Crippen LogP contribution in [0.1, 0.15) is 17.2 Å². The molecule has 0 saturated heterocycles. The number of aliphatic hydroxyl groups excluding tert-OH is 1. The van der Waals surface area contributed by atoms with Gasteiger partial charge in [-0.2, -0.15) is 0 Å². The molecule has 3 aromatic rings. The highest BCUT2D eigenvalue weighted by atomic mass is 19.2. The maximum absolute atomic E-state index is 13.1. The molecule has 6 heteroatoms. The Morgan fingerprint density at radius 2 is 1.76 bits per heavy atom. The van der Waals surface area contributed by atoms with Crippen LogP contribution in [0.15, 0.2) is 41.2 Å². The number of benzene rings is 2. The summed E-state index contributed by atoms with van der Waals surface area (Å²) in [6.45, 7) is 0. The molecule has 0 bridgehead atoms. The number of H-pyrrole nitrogens is 2. The molecule has 1 atom stereocenters. The Morgan fingerprint density at radius 3 is 2.52 bits per heavy atom. The van der Waals surface area contributed by atoms with Gasteiger partial charge < -0.3 is 15.1 Å². The number of halogens is 2. The monoisotopic (exact) mass is 290 g/mol. The Hall–Kier alpha value is -2.47. The second kappa shape index (κ2) is 5.14. The van der Waals surface area contributed by atoms with Crippen LogP contribution in [0, 0.1) is 11.6 Å². The second-order valence-electron chi connectivity index (χ2n) is 4.85. The first-order valence-corrected chi connectivity index (χ1v) is 6.37. The Balaban J connectivity index is 1.87. The summed E-state index contributed by atoms with van der Waals surface area (Å²) in [5.74, 6) is -1.86. The summed E-state index contributed by atoms with van der Waals surface area (Å²) >= 11 is 0. The number of rotatable bonds is 3. The topological polar surface area (TPSA) is 68.9 Å². The third-order valence-electron chi connectivity index (χ3n) is 3.34. The van der Waals surface area contributed by atoms with Crippen LogP contribution in [-0.2, 0) is 6.42 Å². The Kier molecular flexibility index (Phi) is 3.31. The second-order valence-corrected chi connectivity index (χ2v) is 4.85. The maximum Gasteiger partial charge on any atom is 0.323 e. The van der Waals surface area contributed by atoms with Crippen molar-refractivity contribution in [3.63, 3.8) is 0 Å². The zero-order valence-corrected chi connectivity index (χ0v) is 10.9. The van der Waals surface area contributed by atoms with Crippen molar-refractivity contribution in [1.29, 1.82) is 0 Å². The van der Waals surface area contributed by atoms with E-state index in [-0.39, 0.29) is 12.1 Å². The fourth-order valence-electron chi connectivity index (χ4n) is 2.27. The fraction of sp³-hybridized carbons (Fsp3) is 0.133. The van der Waals surface area contributed by atoms with Crippen molar-refractivity contribution in [3.8, 4) is 0 Å². The third kappa shape index (κ3) is 2.71. The lowest BCUT2D eigenvalue weighted by Crippen LogP contribution is -2.02. The van der Waals surface area contributed by atoms with Crippen LogP contribution in [0.25, 0.3) is 11.0 Å². The molecular formula is C15H12F2N2O2. The number of aromatic amines is 2. The lowest BCUT2D eigenvalue weighted by atomic mass is 10.0. The Morgan fingerprint density at radius 1 is 1.00 bits per heavy atom. The van der Waals surface area contributed by atoms with Gasteiger partial charge in [0, 0.05) is 6.42 Å². The van der Waals surface area contributed by atoms with Gasteiger partial charge in [-0.25, -0.2) is 13.6 Å². The first-order chi connectivity index (χ1) is 10.0. The zero-order chi connectivity index (χ0) is 15.0. The molecule has 0 aliphatic carbocycles. The van der Waals surface area contributed by atoms with E-state index in [0.717, 1.165) is 12.1 Å². The maximum atomic E-state index is 13.1. The first-order valence-electron chi connectivity index (χ1n) is 6.37. The molecule has 21 heavy (non-hydrogen) atoms. The highest BCUT2D eigenvalue weighted by Crippen LogP contribution is 2.22. The molecular weight excluding hydrogens is 278 g/mol. The predicted octanol–water partition coefficient (Wildman–Crippen LogP) is 2.41. The number of nitrogens with one attached hydrogen (secondary N) is 2. The molecule has 1 heterocycles. The zero-order valence-electron chi connectivity index (χ0n) is 10.9. The molecule has 3 rings (SSSR count). The van der Waals surface area contributed by atoms with Gasteiger partial charge in [0.05, 0.1) is 17.1 Å². The molecule has 1 unspecified atom stereocenters. The SMILES string of the molecule is O=c1[nH]c2ccc(C(O)Cc3ccc(F)c(F)c3)cc2[nH]1. The smallest absolute Gasteiger partial charge is 0.323 e. The van der Waals surface area contributed by atoms with Gasteiger partial charge in [0.1, 0.15) is 0 Å². The lowest BCUT2D eigenvalue weighted by molar-refractivity contribution is 0.178. The van der Waals surface area contributed by atoms with Crippen LogP contribution in [-0.4, -0.2) is 15.1 Å². The quantitative estimate of drug-likeness (QED) is 0.693. The normalized spacial score (nSPS) is 12.7. The van der Waals surface area contributed by atoms with Gasteiger partial charge in [-0.05, 0) is 35.4 Å². The van der Waals surface area contributed by atoms with Crippen molar-refractivity contribution in [1.82, 2.24) is 9.97 Å². The van der Waals surface area contributed by atoms with Crippen LogP contribution in [0.3, 0.4) is 0 Å². The van der Waals surface area contributed by atoms with Crippen molar-refractivity contribution in [2.24, 2.45) is 0 Å². The van der Waals surface area contributed by atoms with E-state index in [1.807, 2.05) is 0 Å². The van der Waals surface area contributed by atoms with Crippen LogP contribution < -0.4 is 5.69 Å². The largest absolute Gasteiger partial charge is 0.388 e. The van der Waals surface area contributed by atoms with E-state index in [1.165, 1.54) is 6.07 Å². The van der Waals surface area contributed by atoms with Gasteiger partial charge in [-0.3, -0.25) is 0 Å². The van der Waals surface area contributed by atoms with E-state index in [0.29, 0.717) is 22.2 Å². The Labute approximate surface area is 118 Å². The summed E-state index contributed by atoms with van der Waals surface area (Å²) < 4.78 is 26.0. The minimum Gasteiger partial charge on any atom is -0.388 e. The van der Waals surface area contributed by atoms with Crippen LogP contribution in [0.4, 0.5) is 8.78 Å². The molecule has 0 amide bonds. The number of aliphatic hydroxyl groups is 1. The van der Waals surface area contributed by atoms with Crippen molar-refractivity contribution in [3.05, 3.63) is 69.6 Å². The van der Waals surface area contributed by atoms with Gasteiger partial charge in [-0.15, -0.1) is 0 Å². The number of hydrogen-bond donors (Lipinski definition) is 3. The predicted molar refractivity (Wildman–Crippen MR) is 73.9 cm³/mol. The fourth-order valence-corrected chi connectivity index (χ4v) is 2.27. The van der Waals surface area contributed by atoms with E-state index in [4.69, 9.17) is 0 Å². The van der Waals surface area contributed by atoms with Crippen LogP contribution in [0.5, 0.6) is 0 Å². The van der Waals surface area contributed by atoms with E-state index in [2.05, 4.69) is 9.97 Å². The van der Waals surface area contributed by atoms with E-state index < -0.39 is 17.7 Å². The molecule has 1 aromatic heterocycles. The van der Waals surface area contributed by atoms with E-state index in [1.54, 1.807) is 18.2 Å². The minimum absolute atomic E-state index is 0.150. The van der Waals surface area contributed by atoms with Crippen molar-refractivity contribution in [2.45, 2.75) is 12.5 Å². The third-order valence-corrected chi connectivity index (χ3v) is 3.34. The van der Waals surface area contributed by atoms with Gasteiger partial charge in [0.25, 0.3) is 0 Å². The molecule has 3 N–H and O–H groups in total. The van der Waals surface area contributed by atoms with E-state index >= 15 is 0 Å². The lowest BCUT2D eigenvalue weighted by Gasteiger charge is -2.11. The number of hydrogen-bond acceptors (Lipinski definition) is 2. The molecule has 0 saturated carbocycles. The molecule has 4 nitrogen and oxygen atoms in total. The van der Waals surface area contributed by atoms with Gasteiger partial charge >= 0.3 is 5.69 Å². The summed E-state index contributed by atoms with van der Waals surface area (Å²) in [7, 11) is 0. The van der Waals surface area contributed by atoms with Gasteiger partial charge in [-0.1, -0.05) is 12.1 Å². The average Bonchev–Trinajstić information content (AvgIpc) is 2.82. The first kappa shape index (κ1) is 13.5. The molecule has 0 aliphatic rings.